The molecule has 0 amide bonds. The number of ether oxygens (including phenoxy) is 1. The second kappa shape index (κ2) is 5.15. The summed E-state index contributed by atoms with van der Waals surface area (Å²) in [5.74, 6) is 1.79. The number of carbonyl (C=O) groups excluding carboxylic acids is 1. The lowest BCUT2D eigenvalue weighted by Gasteiger charge is -2.04. The number of methoxy groups -OCH3 is 1. The maximum atomic E-state index is 13.6. The van der Waals surface area contributed by atoms with Gasteiger partial charge in [0.2, 0.25) is 0 Å². The number of carbonyl (C=O) groups is 1. The van der Waals surface area contributed by atoms with Gasteiger partial charge in [-0.2, -0.15) is 0 Å². The van der Waals surface area contributed by atoms with Crippen LogP contribution in [-0.4, -0.2) is 21.2 Å². The molecule has 0 aliphatic rings. The van der Waals surface area contributed by atoms with E-state index in [0.29, 0.717) is 5.56 Å². The number of hydrogen-bond donors (Lipinski definition) is 0. The van der Waals surface area contributed by atoms with Crippen LogP contribution in [-0.2, 0) is 4.74 Å². The van der Waals surface area contributed by atoms with Gasteiger partial charge in [0, 0.05) is 0 Å². The van der Waals surface area contributed by atoms with E-state index >= 15 is 0 Å². The molecule has 0 unspecified atom stereocenters. The zero-order valence-corrected chi connectivity index (χ0v) is 11.4. The van der Waals surface area contributed by atoms with Gasteiger partial charge in [0.05, 0.1) is 18.2 Å². The number of hydrogen-bond acceptors (Lipinski definition) is 2. The van der Waals surface area contributed by atoms with Crippen molar-refractivity contribution >= 4 is 14.0 Å². The Kier molecular flexibility index (Phi) is 4.08. The molecule has 0 N–H and O–H groups in total. The molecule has 4 heteroatoms. The van der Waals surface area contributed by atoms with Crippen LogP contribution >= 0.6 is 0 Å². The van der Waals surface area contributed by atoms with Gasteiger partial charge in [-0.15, -0.1) is 5.54 Å². The normalized spacial score (nSPS) is 10.4. The molecule has 0 aromatic heterocycles. The first-order valence-corrected chi connectivity index (χ1v) is 8.74. The van der Waals surface area contributed by atoms with E-state index in [9.17, 15) is 9.18 Å². The lowest BCUT2D eigenvalue weighted by Crippen LogP contribution is -2.16. The van der Waals surface area contributed by atoms with E-state index in [1.54, 1.807) is 0 Å². The lowest BCUT2D eigenvalue weighted by atomic mass is 10.1. The number of benzene rings is 1. The summed E-state index contributed by atoms with van der Waals surface area (Å²) < 4.78 is 18.1. The van der Waals surface area contributed by atoms with Crippen LogP contribution in [0.15, 0.2) is 18.2 Å². The summed E-state index contributed by atoms with van der Waals surface area (Å²) in [5.41, 5.74) is 3.59. The third-order valence-corrected chi connectivity index (χ3v) is 2.84. The average molecular weight is 250 g/mol. The second-order valence-corrected chi connectivity index (χ2v) is 9.44. The molecule has 2 nitrogen and oxygen atoms in total. The van der Waals surface area contributed by atoms with Crippen LogP contribution in [0.3, 0.4) is 0 Å². The predicted octanol–water partition coefficient (Wildman–Crippen LogP) is 2.84. The van der Waals surface area contributed by atoms with Gasteiger partial charge in [-0.3, -0.25) is 0 Å². The summed E-state index contributed by atoms with van der Waals surface area (Å²) in [4.78, 5) is 11.2. The fraction of sp³-hybridized carbons (Fsp3) is 0.308. The maximum absolute atomic E-state index is 13.6. The van der Waals surface area contributed by atoms with Gasteiger partial charge in [-0.1, -0.05) is 25.6 Å². The Morgan fingerprint density at radius 3 is 2.47 bits per heavy atom. The topological polar surface area (TPSA) is 26.3 Å². The Morgan fingerprint density at radius 2 is 2.00 bits per heavy atom. The van der Waals surface area contributed by atoms with Crippen molar-refractivity contribution in [1.82, 2.24) is 0 Å². The quantitative estimate of drug-likeness (QED) is 0.435. The summed E-state index contributed by atoms with van der Waals surface area (Å²) in [6.07, 6.45) is 0. The van der Waals surface area contributed by atoms with Crippen molar-refractivity contribution in [3.8, 4) is 11.5 Å². The number of esters is 1. The van der Waals surface area contributed by atoms with Crippen LogP contribution < -0.4 is 0 Å². The first-order valence-electron chi connectivity index (χ1n) is 5.24. The molecule has 0 aliphatic carbocycles. The summed E-state index contributed by atoms with van der Waals surface area (Å²) in [5, 5.41) is 0. The van der Waals surface area contributed by atoms with Crippen LogP contribution in [0.5, 0.6) is 0 Å². The molecule has 0 heterocycles. The molecular formula is C13H15FO2Si. The van der Waals surface area contributed by atoms with Crippen LogP contribution in [0, 0.1) is 17.3 Å². The highest BCUT2D eigenvalue weighted by atomic mass is 28.3. The van der Waals surface area contributed by atoms with Gasteiger partial charge in [-0.25, -0.2) is 9.18 Å². The van der Waals surface area contributed by atoms with Crippen molar-refractivity contribution in [3.63, 3.8) is 0 Å². The molecule has 0 spiro atoms. The molecule has 17 heavy (non-hydrogen) atoms. The minimum Gasteiger partial charge on any atom is -0.465 e. The van der Waals surface area contributed by atoms with Gasteiger partial charge in [0.15, 0.2) is 0 Å². The Hall–Kier alpha value is -1.60. The Morgan fingerprint density at radius 1 is 1.35 bits per heavy atom. The van der Waals surface area contributed by atoms with E-state index in [-0.39, 0.29) is 5.56 Å². The Labute approximate surface area is 102 Å². The monoisotopic (exact) mass is 250 g/mol. The Bertz CT molecular complexity index is 492. The summed E-state index contributed by atoms with van der Waals surface area (Å²) in [6, 6.07) is 4.18. The van der Waals surface area contributed by atoms with E-state index in [4.69, 9.17) is 0 Å². The molecule has 0 atom stereocenters. The molecule has 0 bridgehead atoms. The number of halogens is 1. The van der Waals surface area contributed by atoms with Crippen molar-refractivity contribution in [2.24, 2.45) is 0 Å². The molecular weight excluding hydrogens is 235 g/mol. The highest BCUT2D eigenvalue weighted by molar-refractivity contribution is 6.83. The summed E-state index contributed by atoms with van der Waals surface area (Å²) in [6.45, 7) is 6.25. The highest BCUT2D eigenvalue weighted by Crippen LogP contribution is 2.11. The van der Waals surface area contributed by atoms with E-state index < -0.39 is 19.9 Å². The minimum atomic E-state index is -1.52. The van der Waals surface area contributed by atoms with Gasteiger partial charge in [0.25, 0.3) is 0 Å². The van der Waals surface area contributed by atoms with Gasteiger partial charge < -0.3 is 4.74 Å². The molecule has 0 saturated carbocycles. The van der Waals surface area contributed by atoms with Crippen LogP contribution in [0.2, 0.25) is 19.6 Å². The standard InChI is InChI=1S/C13H15FO2Si/c1-16-13(15)11-6-5-10(12(14)9-11)7-8-17(2,3)4/h5-6,9H,1-4H3. The van der Waals surface area contributed by atoms with E-state index in [1.807, 2.05) is 0 Å². The third kappa shape index (κ3) is 4.04. The van der Waals surface area contributed by atoms with Crippen molar-refractivity contribution in [1.29, 1.82) is 0 Å². The van der Waals surface area contributed by atoms with Crippen LogP contribution in [0.1, 0.15) is 15.9 Å². The van der Waals surface area contributed by atoms with E-state index in [0.717, 1.165) is 6.07 Å². The molecule has 0 saturated heterocycles. The van der Waals surface area contributed by atoms with Crippen LogP contribution in [0.25, 0.3) is 0 Å². The van der Waals surface area contributed by atoms with E-state index in [2.05, 4.69) is 35.8 Å². The highest BCUT2D eigenvalue weighted by Gasteiger charge is 2.10. The molecule has 1 aromatic carbocycles. The zero-order chi connectivity index (χ0) is 13.1. The smallest absolute Gasteiger partial charge is 0.337 e. The maximum Gasteiger partial charge on any atom is 0.337 e. The minimum absolute atomic E-state index is 0.198. The van der Waals surface area contributed by atoms with Crippen LogP contribution in [0.4, 0.5) is 4.39 Å². The van der Waals surface area contributed by atoms with Crippen molar-refractivity contribution in [3.05, 3.63) is 35.1 Å². The number of rotatable bonds is 1. The molecule has 0 aliphatic heterocycles. The first-order chi connectivity index (χ1) is 7.83. The summed E-state index contributed by atoms with van der Waals surface area (Å²) >= 11 is 0. The fourth-order valence-electron chi connectivity index (χ4n) is 1.12. The first kappa shape index (κ1) is 13.5. The Balaban J connectivity index is 3.05. The van der Waals surface area contributed by atoms with Gasteiger partial charge in [-0.05, 0) is 18.2 Å². The average Bonchev–Trinajstić information content (AvgIpc) is 2.25. The van der Waals surface area contributed by atoms with E-state index in [1.165, 1.54) is 19.2 Å². The SMILES string of the molecule is COC(=O)c1ccc(C#C[Si](C)(C)C)c(F)c1. The zero-order valence-electron chi connectivity index (χ0n) is 10.4. The van der Waals surface area contributed by atoms with Crippen molar-refractivity contribution < 1.29 is 13.9 Å². The van der Waals surface area contributed by atoms with Crippen molar-refractivity contribution in [2.75, 3.05) is 7.11 Å². The molecule has 1 rings (SSSR count). The molecule has 90 valence electrons. The van der Waals surface area contributed by atoms with Crippen molar-refractivity contribution in [2.45, 2.75) is 19.6 Å². The van der Waals surface area contributed by atoms with Gasteiger partial charge in [0.1, 0.15) is 13.9 Å². The van der Waals surface area contributed by atoms with Gasteiger partial charge >= 0.3 is 5.97 Å². The summed E-state index contributed by atoms with van der Waals surface area (Å²) in [7, 11) is -0.262. The fourth-order valence-corrected chi connectivity index (χ4v) is 1.63. The molecule has 1 aromatic rings. The lowest BCUT2D eigenvalue weighted by molar-refractivity contribution is 0.0600. The largest absolute Gasteiger partial charge is 0.465 e. The second-order valence-electron chi connectivity index (χ2n) is 4.69. The predicted molar refractivity (Wildman–Crippen MR) is 68.0 cm³/mol. The molecule has 0 radical (unpaired) electrons. The molecule has 0 fully saturated rings. The third-order valence-electron chi connectivity index (χ3n) is 1.96.